The van der Waals surface area contributed by atoms with E-state index < -0.39 is 5.97 Å². The second-order valence-electron chi connectivity index (χ2n) is 14.5. The van der Waals surface area contributed by atoms with Gasteiger partial charge in [0.05, 0.1) is 0 Å². The molecule has 0 radical (unpaired) electrons. The second-order valence-corrected chi connectivity index (χ2v) is 14.5. The molecule has 0 aromatic rings. The van der Waals surface area contributed by atoms with Gasteiger partial charge in [-0.25, -0.2) is 0 Å². The quantitative estimate of drug-likeness (QED) is 0.0394. The molecule has 1 unspecified atom stereocenters. The summed E-state index contributed by atoms with van der Waals surface area (Å²) in [4.78, 5) is 22.9. The maximum Gasteiger partial charge on any atom is 0.306 e. The summed E-state index contributed by atoms with van der Waals surface area (Å²) in [5.41, 5.74) is 0. The highest BCUT2D eigenvalue weighted by molar-refractivity contribution is 5.69. The van der Waals surface area contributed by atoms with Crippen molar-refractivity contribution < 1.29 is 19.4 Å². The first-order valence-electron chi connectivity index (χ1n) is 21.6. The predicted octanol–water partition coefficient (Wildman–Crippen LogP) is 15.1. The number of hydrogen-bond acceptors (Lipinski definition) is 3. The maximum absolute atomic E-state index is 12.3. The molecule has 290 valence electrons. The fraction of sp³-hybridized carbons (Fsp3) is 0.783. The van der Waals surface area contributed by atoms with Gasteiger partial charge in [0, 0.05) is 12.8 Å². The number of carbonyl (C=O) groups excluding carboxylic acids is 1. The van der Waals surface area contributed by atoms with E-state index in [1.807, 2.05) is 0 Å². The molecule has 0 amide bonds. The molecular formula is C46H82O4. The molecule has 0 spiro atoms. The molecule has 4 nitrogen and oxygen atoms in total. The monoisotopic (exact) mass is 699 g/mol. The van der Waals surface area contributed by atoms with Crippen molar-refractivity contribution in [2.45, 2.75) is 232 Å². The van der Waals surface area contributed by atoms with E-state index in [2.05, 4.69) is 62.5 Å². The van der Waals surface area contributed by atoms with Crippen molar-refractivity contribution in [2.24, 2.45) is 0 Å². The Morgan fingerprint density at radius 2 is 0.820 bits per heavy atom. The largest absolute Gasteiger partial charge is 0.481 e. The summed E-state index contributed by atoms with van der Waals surface area (Å²) in [6, 6.07) is 0. The topological polar surface area (TPSA) is 63.6 Å². The van der Waals surface area contributed by atoms with E-state index in [1.165, 1.54) is 128 Å². The van der Waals surface area contributed by atoms with E-state index in [1.54, 1.807) is 0 Å². The van der Waals surface area contributed by atoms with Crippen LogP contribution in [0, 0.1) is 0 Å². The zero-order valence-corrected chi connectivity index (χ0v) is 33.2. The van der Waals surface area contributed by atoms with Gasteiger partial charge in [0.25, 0.3) is 0 Å². The van der Waals surface area contributed by atoms with Crippen LogP contribution in [0.1, 0.15) is 226 Å². The minimum absolute atomic E-state index is 0.00343. The number of carboxylic acids is 1. The maximum atomic E-state index is 12.3. The Morgan fingerprint density at radius 1 is 0.460 bits per heavy atom. The normalized spacial score (nSPS) is 12.7. The zero-order valence-electron chi connectivity index (χ0n) is 33.2. The Labute approximate surface area is 311 Å². The van der Waals surface area contributed by atoms with Gasteiger partial charge in [-0.3, -0.25) is 9.59 Å². The molecule has 1 N–H and O–H groups in total. The van der Waals surface area contributed by atoms with Crippen LogP contribution in [0.15, 0.2) is 48.6 Å². The number of hydrogen-bond donors (Lipinski definition) is 1. The summed E-state index contributed by atoms with van der Waals surface area (Å²) >= 11 is 0. The molecule has 0 aliphatic carbocycles. The van der Waals surface area contributed by atoms with Crippen LogP contribution in [0.2, 0.25) is 0 Å². The van der Waals surface area contributed by atoms with Gasteiger partial charge in [0.15, 0.2) is 0 Å². The Balaban J connectivity index is 3.49. The molecular weight excluding hydrogens is 617 g/mol. The lowest BCUT2D eigenvalue weighted by molar-refractivity contribution is -0.149. The van der Waals surface area contributed by atoms with Crippen molar-refractivity contribution in [2.75, 3.05) is 0 Å². The van der Waals surface area contributed by atoms with Crippen LogP contribution in [-0.2, 0) is 14.3 Å². The molecule has 1 atom stereocenters. The fourth-order valence-corrected chi connectivity index (χ4v) is 6.34. The van der Waals surface area contributed by atoms with Crippen LogP contribution in [0.4, 0.5) is 0 Å². The van der Waals surface area contributed by atoms with Crippen molar-refractivity contribution in [3.05, 3.63) is 48.6 Å². The summed E-state index contributed by atoms with van der Waals surface area (Å²) in [7, 11) is 0. The smallest absolute Gasteiger partial charge is 0.306 e. The molecule has 0 bridgehead atoms. The standard InChI is InChI=1S/C46H82O4/c1-3-5-6-7-8-9-10-11-12-13-14-19-22-25-28-31-34-37-40-43-46(49)50-44(4-2)41-38-35-32-29-26-23-20-17-15-16-18-21-24-27-30-33-36-39-42-45(47)48/h8-9,11-12,14,19,25,28,44H,3-7,10,13,15-18,20-24,26-27,29-43H2,1-2H3,(H,47,48)/b9-8-,12-11-,19-14-,28-25-. The van der Waals surface area contributed by atoms with E-state index in [-0.39, 0.29) is 12.1 Å². The Morgan fingerprint density at radius 3 is 1.24 bits per heavy atom. The van der Waals surface area contributed by atoms with Gasteiger partial charge < -0.3 is 9.84 Å². The van der Waals surface area contributed by atoms with Crippen molar-refractivity contribution >= 4 is 11.9 Å². The summed E-state index contributed by atoms with van der Waals surface area (Å²) in [6.45, 7) is 4.39. The van der Waals surface area contributed by atoms with Crippen LogP contribution in [0.25, 0.3) is 0 Å². The van der Waals surface area contributed by atoms with Crippen LogP contribution in [0.3, 0.4) is 0 Å². The molecule has 0 aromatic heterocycles. The molecule has 0 heterocycles. The summed E-state index contributed by atoms with van der Waals surface area (Å²) < 4.78 is 5.80. The molecule has 4 heteroatoms. The minimum atomic E-state index is -0.662. The summed E-state index contributed by atoms with van der Waals surface area (Å²) in [6.07, 6.45) is 56.6. The highest BCUT2D eigenvalue weighted by atomic mass is 16.5. The van der Waals surface area contributed by atoms with Crippen LogP contribution >= 0.6 is 0 Å². The average molecular weight is 699 g/mol. The van der Waals surface area contributed by atoms with Crippen molar-refractivity contribution in [1.29, 1.82) is 0 Å². The SMILES string of the molecule is CCCCC/C=C\C/C=C\C/C=C\C/C=C\CCCCCC(=O)OC(CC)CCCCCCCCCCCCCCCCCCCCC(=O)O. The van der Waals surface area contributed by atoms with Crippen LogP contribution in [0.5, 0.6) is 0 Å². The van der Waals surface area contributed by atoms with Crippen LogP contribution < -0.4 is 0 Å². The first-order valence-corrected chi connectivity index (χ1v) is 21.6. The summed E-state index contributed by atoms with van der Waals surface area (Å²) in [5, 5.41) is 8.66. The third-order valence-electron chi connectivity index (χ3n) is 9.63. The van der Waals surface area contributed by atoms with Gasteiger partial charge >= 0.3 is 11.9 Å². The Bertz CT molecular complexity index is 839. The van der Waals surface area contributed by atoms with E-state index in [9.17, 15) is 9.59 Å². The second kappa shape index (κ2) is 41.3. The number of esters is 1. The third-order valence-corrected chi connectivity index (χ3v) is 9.63. The van der Waals surface area contributed by atoms with Crippen LogP contribution in [-0.4, -0.2) is 23.1 Å². The lowest BCUT2D eigenvalue weighted by Crippen LogP contribution is -2.17. The van der Waals surface area contributed by atoms with Gasteiger partial charge in [-0.2, -0.15) is 0 Å². The van der Waals surface area contributed by atoms with Gasteiger partial charge in [0.1, 0.15) is 6.10 Å². The van der Waals surface area contributed by atoms with Gasteiger partial charge in [0.2, 0.25) is 0 Å². The van der Waals surface area contributed by atoms with E-state index in [4.69, 9.17) is 9.84 Å². The van der Waals surface area contributed by atoms with Crippen molar-refractivity contribution in [3.8, 4) is 0 Å². The lowest BCUT2D eigenvalue weighted by atomic mass is 10.0. The lowest BCUT2D eigenvalue weighted by Gasteiger charge is -2.16. The predicted molar refractivity (Wildman–Crippen MR) is 218 cm³/mol. The first kappa shape index (κ1) is 47.9. The number of allylic oxidation sites excluding steroid dienone is 8. The molecule has 0 rings (SSSR count). The number of carboxylic acid groups (broad SMARTS) is 1. The highest BCUT2D eigenvalue weighted by Crippen LogP contribution is 2.17. The van der Waals surface area contributed by atoms with Crippen molar-refractivity contribution in [3.63, 3.8) is 0 Å². The zero-order chi connectivity index (χ0) is 36.4. The molecule has 0 saturated heterocycles. The average Bonchev–Trinajstić information content (AvgIpc) is 3.11. The molecule has 0 aromatic carbocycles. The molecule has 0 aliphatic rings. The molecule has 0 fully saturated rings. The van der Waals surface area contributed by atoms with Gasteiger partial charge in [-0.05, 0) is 77.0 Å². The molecule has 0 aliphatic heterocycles. The number of carbonyl (C=O) groups is 2. The Hall–Kier alpha value is -2.10. The van der Waals surface area contributed by atoms with E-state index >= 15 is 0 Å². The molecule has 50 heavy (non-hydrogen) atoms. The van der Waals surface area contributed by atoms with Crippen molar-refractivity contribution in [1.82, 2.24) is 0 Å². The first-order chi connectivity index (χ1) is 24.6. The number of ether oxygens (including phenoxy) is 1. The van der Waals surface area contributed by atoms with E-state index in [0.717, 1.165) is 70.6 Å². The van der Waals surface area contributed by atoms with Gasteiger partial charge in [-0.15, -0.1) is 0 Å². The Kier molecular flexibility index (Phi) is 39.6. The number of aliphatic carboxylic acids is 1. The minimum Gasteiger partial charge on any atom is -0.481 e. The summed E-state index contributed by atoms with van der Waals surface area (Å²) in [5.74, 6) is -0.666. The van der Waals surface area contributed by atoms with E-state index in [0.29, 0.717) is 12.8 Å². The van der Waals surface area contributed by atoms with Gasteiger partial charge in [-0.1, -0.05) is 184 Å². The number of rotatable bonds is 39. The number of unbranched alkanes of at least 4 members (excludes halogenated alkanes) is 23. The highest BCUT2D eigenvalue weighted by Gasteiger charge is 2.12. The fourth-order valence-electron chi connectivity index (χ4n) is 6.34. The molecule has 0 saturated carbocycles. The third kappa shape index (κ3) is 40.3.